The van der Waals surface area contributed by atoms with Crippen molar-refractivity contribution in [3.8, 4) is 0 Å². The van der Waals surface area contributed by atoms with Gasteiger partial charge in [0.05, 0.1) is 6.54 Å². The van der Waals surface area contributed by atoms with Crippen molar-refractivity contribution in [3.63, 3.8) is 0 Å². The molecule has 5 heteroatoms. The summed E-state index contributed by atoms with van der Waals surface area (Å²) in [6.07, 6.45) is 3.75. The van der Waals surface area contributed by atoms with E-state index in [1.54, 1.807) is 13.8 Å². The zero-order valence-electron chi connectivity index (χ0n) is 12.5. The third kappa shape index (κ3) is 3.61. The molecule has 0 spiro atoms. The summed E-state index contributed by atoms with van der Waals surface area (Å²) in [6, 6.07) is 5.97. The van der Waals surface area contributed by atoms with Crippen molar-refractivity contribution in [1.82, 2.24) is 5.32 Å². The Kier molecular flexibility index (Phi) is 4.63. The van der Waals surface area contributed by atoms with Crippen LogP contribution in [0.1, 0.15) is 37.8 Å². The van der Waals surface area contributed by atoms with Gasteiger partial charge in [0.2, 0.25) is 5.91 Å². The number of nitrogens with one attached hydrogen (secondary N) is 2. The number of hydrogen-bond acceptors (Lipinski definition) is 3. The lowest BCUT2D eigenvalue weighted by molar-refractivity contribution is -0.144. The highest BCUT2D eigenvalue weighted by molar-refractivity contribution is 5.93. The second-order valence-electron chi connectivity index (χ2n) is 5.73. The minimum absolute atomic E-state index is 0.0201. The molecule has 1 amide bonds. The van der Waals surface area contributed by atoms with E-state index in [1.807, 2.05) is 12.1 Å². The molecule has 0 radical (unpaired) electrons. The normalized spacial score (nSPS) is 16.1. The Bertz CT molecular complexity index is 556. The molecule has 1 aliphatic rings. The van der Waals surface area contributed by atoms with Crippen LogP contribution in [-0.2, 0) is 22.4 Å². The number of carbonyl (C=O) groups is 2. The topological polar surface area (TPSA) is 78.4 Å². The minimum atomic E-state index is -1.07. The molecule has 0 fully saturated rings. The van der Waals surface area contributed by atoms with Gasteiger partial charge in [-0.2, -0.15) is 0 Å². The molecule has 0 heterocycles. The van der Waals surface area contributed by atoms with E-state index in [9.17, 15) is 9.59 Å². The van der Waals surface area contributed by atoms with Crippen LogP contribution in [0.3, 0.4) is 0 Å². The van der Waals surface area contributed by atoms with E-state index in [1.165, 1.54) is 17.5 Å². The van der Waals surface area contributed by atoms with Gasteiger partial charge in [-0.05, 0) is 55.9 Å². The van der Waals surface area contributed by atoms with Gasteiger partial charge in [0.15, 0.2) is 0 Å². The van der Waals surface area contributed by atoms with Crippen molar-refractivity contribution < 1.29 is 14.7 Å². The van der Waals surface area contributed by atoms with Crippen molar-refractivity contribution in [2.45, 2.75) is 45.1 Å². The molecule has 0 aliphatic heterocycles. The van der Waals surface area contributed by atoms with Gasteiger partial charge >= 0.3 is 5.97 Å². The molecule has 1 atom stereocenters. The van der Waals surface area contributed by atoms with E-state index in [4.69, 9.17) is 5.11 Å². The first-order valence-electron chi connectivity index (χ1n) is 7.34. The molecule has 1 aromatic carbocycles. The van der Waals surface area contributed by atoms with E-state index in [-0.39, 0.29) is 12.5 Å². The summed E-state index contributed by atoms with van der Waals surface area (Å²) < 4.78 is 0. The number of carbonyl (C=O) groups excluding carboxylic acids is 1. The first-order chi connectivity index (χ1) is 9.94. The van der Waals surface area contributed by atoms with Gasteiger partial charge in [-0.1, -0.05) is 13.0 Å². The molecule has 21 heavy (non-hydrogen) atoms. The fraction of sp³-hybridized carbons (Fsp3) is 0.500. The summed E-state index contributed by atoms with van der Waals surface area (Å²) in [5.74, 6) is -1.18. The lowest BCUT2D eigenvalue weighted by atomic mass is 9.99. The number of amides is 1. The number of carboxylic acids is 1. The molecule has 0 bridgehead atoms. The number of benzene rings is 1. The highest BCUT2D eigenvalue weighted by Gasteiger charge is 2.30. The Labute approximate surface area is 124 Å². The fourth-order valence-electron chi connectivity index (χ4n) is 2.48. The number of anilines is 1. The first-order valence-corrected chi connectivity index (χ1v) is 7.34. The summed E-state index contributed by atoms with van der Waals surface area (Å²) in [7, 11) is 0. The Morgan fingerprint density at radius 2 is 2.00 bits per heavy atom. The van der Waals surface area contributed by atoms with Crippen LogP contribution in [0.15, 0.2) is 18.2 Å². The molecule has 3 N–H and O–H groups in total. The van der Waals surface area contributed by atoms with Gasteiger partial charge in [-0.3, -0.25) is 14.9 Å². The van der Waals surface area contributed by atoms with E-state index in [2.05, 4.69) is 16.7 Å². The maximum atomic E-state index is 11.9. The van der Waals surface area contributed by atoms with Gasteiger partial charge in [0.1, 0.15) is 5.54 Å². The smallest absolute Gasteiger partial charge is 0.323 e. The third-order valence-corrected chi connectivity index (χ3v) is 4.20. The first kappa shape index (κ1) is 15.5. The lowest BCUT2D eigenvalue weighted by Gasteiger charge is -2.24. The molecule has 114 valence electrons. The predicted molar refractivity (Wildman–Crippen MR) is 81.4 cm³/mol. The highest BCUT2D eigenvalue weighted by atomic mass is 16.4. The summed E-state index contributed by atoms with van der Waals surface area (Å²) in [5, 5.41) is 14.8. The Hall–Kier alpha value is -1.88. The molecular weight excluding hydrogens is 268 g/mol. The van der Waals surface area contributed by atoms with Gasteiger partial charge < -0.3 is 10.4 Å². The van der Waals surface area contributed by atoms with Gasteiger partial charge in [0, 0.05) is 5.69 Å². The van der Waals surface area contributed by atoms with Crippen LogP contribution in [0.5, 0.6) is 0 Å². The number of carboxylic acid groups (broad SMARTS) is 1. The zero-order valence-corrected chi connectivity index (χ0v) is 12.5. The number of hydrogen-bond donors (Lipinski definition) is 3. The van der Waals surface area contributed by atoms with Crippen LogP contribution >= 0.6 is 0 Å². The summed E-state index contributed by atoms with van der Waals surface area (Å²) in [6.45, 7) is 3.34. The monoisotopic (exact) mass is 290 g/mol. The van der Waals surface area contributed by atoms with Crippen LogP contribution in [0.25, 0.3) is 0 Å². The van der Waals surface area contributed by atoms with Crippen LogP contribution in [-0.4, -0.2) is 29.1 Å². The molecule has 0 saturated carbocycles. The molecular formula is C16H22N2O3. The maximum Gasteiger partial charge on any atom is 0.323 e. The van der Waals surface area contributed by atoms with Crippen LogP contribution in [0, 0.1) is 0 Å². The van der Waals surface area contributed by atoms with Gasteiger partial charge in [-0.25, -0.2) is 0 Å². The van der Waals surface area contributed by atoms with Crippen molar-refractivity contribution in [2.75, 3.05) is 11.9 Å². The summed E-state index contributed by atoms with van der Waals surface area (Å²) in [4.78, 5) is 23.1. The van der Waals surface area contributed by atoms with Gasteiger partial charge in [-0.15, -0.1) is 0 Å². The quantitative estimate of drug-likeness (QED) is 0.748. The predicted octanol–water partition coefficient (Wildman–Crippen LogP) is 1.96. The van der Waals surface area contributed by atoms with E-state index >= 15 is 0 Å². The number of aryl methyl sites for hydroxylation is 2. The van der Waals surface area contributed by atoms with Crippen molar-refractivity contribution >= 4 is 17.6 Å². The van der Waals surface area contributed by atoms with E-state index < -0.39 is 11.5 Å². The Morgan fingerprint density at radius 1 is 1.29 bits per heavy atom. The Balaban J connectivity index is 1.92. The molecule has 5 nitrogen and oxygen atoms in total. The molecule has 1 aromatic rings. The highest BCUT2D eigenvalue weighted by Crippen LogP contribution is 2.24. The van der Waals surface area contributed by atoms with Crippen molar-refractivity contribution in [1.29, 1.82) is 0 Å². The van der Waals surface area contributed by atoms with E-state index in [0.717, 1.165) is 18.5 Å². The van der Waals surface area contributed by atoms with E-state index in [0.29, 0.717) is 6.42 Å². The van der Waals surface area contributed by atoms with Crippen molar-refractivity contribution in [2.24, 2.45) is 0 Å². The Morgan fingerprint density at radius 3 is 2.67 bits per heavy atom. The third-order valence-electron chi connectivity index (χ3n) is 4.20. The largest absolute Gasteiger partial charge is 0.480 e. The summed E-state index contributed by atoms with van der Waals surface area (Å²) >= 11 is 0. The SMILES string of the molecule is CCC(C)(NCC(=O)Nc1ccc2c(c1)CCC2)C(=O)O. The van der Waals surface area contributed by atoms with Crippen LogP contribution in [0.2, 0.25) is 0 Å². The molecule has 2 rings (SSSR count). The average Bonchev–Trinajstić information content (AvgIpc) is 2.92. The maximum absolute atomic E-state index is 11.9. The number of rotatable bonds is 6. The van der Waals surface area contributed by atoms with Crippen LogP contribution < -0.4 is 10.6 Å². The zero-order chi connectivity index (χ0) is 15.5. The van der Waals surface area contributed by atoms with Crippen LogP contribution in [0.4, 0.5) is 5.69 Å². The molecule has 1 unspecified atom stereocenters. The van der Waals surface area contributed by atoms with Crippen molar-refractivity contribution in [3.05, 3.63) is 29.3 Å². The fourth-order valence-corrected chi connectivity index (χ4v) is 2.48. The molecule has 0 aromatic heterocycles. The second-order valence-corrected chi connectivity index (χ2v) is 5.73. The standard InChI is InChI=1S/C16H22N2O3/c1-3-16(2,15(20)21)17-10-14(19)18-13-8-7-11-5-4-6-12(11)9-13/h7-9,17H,3-6,10H2,1-2H3,(H,18,19)(H,20,21). The molecule has 1 aliphatic carbocycles. The second kappa shape index (κ2) is 6.26. The average molecular weight is 290 g/mol. The number of fused-ring (bicyclic) bond motifs is 1. The summed E-state index contributed by atoms with van der Waals surface area (Å²) in [5.41, 5.74) is 2.35. The molecule has 0 saturated heterocycles. The minimum Gasteiger partial charge on any atom is -0.480 e. The lowest BCUT2D eigenvalue weighted by Crippen LogP contribution is -2.51. The van der Waals surface area contributed by atoms with Gasteiger partial charge in [0.25, 0.3) is 0 Å². The number of aliphatic carboxylic acids is 1.